The fraction of sp³-hybridized carbons (Fsp3) is 1.00. The van der Waals surface area contributed by atoms with Crippen LogP contribution >= 0.6 is 0 Å². The molecule has 0 saturated carbocycles. The molecule has 116 valence electrons. The number of unbranched alkanes of at least 4 members (excludes halogenated alkanes) is 1. The maximum Gasteiger partial charge on any atom is 0.501 e. The third kappa shape index (κ3) is 8.04. The molecule has 5 heteroatoms. The van der Waals surface area contributed by atoms with Gasteiger partial charge in [0.15, 0.2) is 0 Å². The van der Waals surface area contributed by atoms with E-state index in [9.17, 15) is 0 Å². The summed E-state index contributed by atoms with van der Waals surface area (Å²) in [5, 5.41) is 0. The predicted octanol–water partition coefficient (Wildman–Crippen LogP) is 3.19. The van der Waals surface area contributed by atoms with Gasteiger partial charge in [0.1, 0.15) is 0 Å². The van der Waals surface area contributed by atoms with Gasteiger partial charge in [0.25, 0.3) is 0 Å². The molecule has 0 radical (unpaired) electrons. The molecule has 0 aliphatic carbocycles. The Balaban J connectivity index is 4.68. The van der Waals surface area contributed by atoms with Gasteiger partial charge >= 0.3 is 8.80 Å². The molecule has 0 amide bonds. The van der Waals surface area contributed by atoms with E-state index < -0.39 is 8.80 Å². The van der Waals surface area contributed by atoms with Gasteiger partial charge in [0, 0.05) is 25.9 Å². The first-order chi connectivity index (χ1) is 9.17. The molecule has 0 fully saturated rings. The lowest BCUT2D eigenvalue weighted by Gasteiger charge is -2.31. The van der Waals surface area contributed by atoms with Gasteiger partial charge in [0.05, 0.1) is 0 Å². The third-order valence-corrected chi connectivity index (χ3v) is 6.44. The number of nitrogens with two attached hydrogens (primary N) is 1. The Bertz CT molecular complexity index is 188. The average Bonchev–Trinajstić information content (AvgIpc) is 2.37. The molecule has 0 aromatic carbocycles. The van der Waals surface area contributed by atoms with E-state index in [1.165, 1.54) is 19.3 Å². The van der Waals surface area contributed by atoms with Crippen molar-refractivity contribution >= 4 is 8.80 Å². The number of rotatable bonds is 13. The second kappa shape index (κ2) is 11.8. The molecule has 0 aliphatic heterocycles. The number of hydrogen-bond donors (Lipinski definition) is 1. The molecule has 0 rings (SSSR count). The lowest BCUT2D eigenvalue weighted by Crippen LogP contribution is -2.47. The van der Waals surface area contributed by atoms with Gasteiger partial charge in [-0.2, -0.15) is 0 Å². The van der Waals surface area contributed by atoms with Crippen LogP contribution in [0.15, 0.2) is 0 Å². The monoisotopic (exact) mass is 291 g/mol. The molecule has 1 unspecified atom stereocenters. The summed E-state index contributed by atoms with van der Waals surface area (Å²) in [5.74, 6) is 0.557. The zero-order chi connectivity index (χ0) is 14.6. The Morgan fingerprint density at radius 1 is 0.895 bits per heavy atom. The summed E-state index contributed by atoms with van der Waals surface area (Å²) in [6, 6.07) is 0.903. The maximum absolute atomic E-state index is 5.92. The molecule has 0 aliphatic rings. The van der Waals surface area contributed by atoms with E-state index in [0.29, 0.717) is 25.7 Å². The summed E-state index contributed by atoms with van der Waals surface area (Å²) < 4.78 is 17.8. The molecule has 0 heterocycles. The van der Waals surface area contributed by atoms with Crippen LogP contribution in [0, 0.1) is 5.92 Å². The first kappa shape index (κ1) is 19.1. The van der Waals surface area contributed by atoms with Crippen molar-refractivity contribution in [3.05, 3.63) is 0 Å². The van der Waals surface area contributed by atoms with Crippen LogP contribution in [0.25, 0.3) is 0 Å². The van der Waals surface area contributed by atoms with Gasteiger partial charge < -0.3 is 19.0 Å². The van der Waals surface area contributed by atoms with Crippen LogP contribution in [0.5, 0.6) is 0 Å². The highest BCUT2D eigenvalue weighted by Crippen LogP contribution is 2.27. The zero-order valence-corrected chi connectivity index (χ0v) is 14.2. The van der Waals surface area contributed by atoms with E-state index in [4.69, 9.17) is 19.0 Å². The maximum atomic E-state index is 5.92. The summed E-state index contributed by atoms with van der Waals surface area (Å²) >= 11 is 0. The van der Waals surface area contributed by atoms with Gasteiger partial charge in [0.2, 0.25) is 0 Å². The largest absolute Gasteiger partial charge is 0.501 e. The minimum absolute atomic E-state index is 0.557. The van der Waals surface area contributed by atoms with E-state index in [1.807, 2.05) is 20.8 Å². The van der Waals surface area contributed by atoms with E-state index >= 15 is 0 Å². The normalized spacial score (nSPS) is 13.7. The van der Waals surface area contributed by atoms with Crippen molar-refractivity contribution in [3.63, 3.8) is 0 Å². The second-order valence-corrected chi connectivity index (χ2v) is 7.41. The van der Waals surface area contributed by atoms with Crippen LogP contribution in [0.1, 0.15) is 53.4 Å². The van der Waals surface area contributed by atoms with Crippen molar-refractivity contribution in [2.45, 2.75) is 59.4 Å². The zero-order valence-electron chi connectivity index (χ0n) is 13.2. The summed E-state index contributed by atoms with van der Waals surface area (Å²) in [6.45, 7) is 10.9. The van der Waals surface area contributed by atoms with Gasteiger partial charge in [-0.15, -0.1) is 0 Å². The molecule has 0 aromatic heterocycles. The van der Waals surface area contributed by atoms with E-state index in [1.54, 1.807) is 0 Å². The summed E-state index contributed by atoms with van der Waals surface area (Å²) in [4.78, 5) is 0. The molecule has 0 saturated heterocycles. The van der Waals surface area contributed by atoms with Crippen molar-refractivity contribution in [1.82, 2.24) is 0 Å². The summed E-state index contributed by atoms with van der Waals surface area (Å²) in [6.07, 6.45) is 4.67. The number of hydrogen-bond acceptors (Lipinski definition) is 4. The summed E-state index contributed by atoms with van der Waals surface area (Å²) in [7, 11) is -2.50. The van der Waals surface area contributed by atoms with E-state index in [-0.39, 0.29) is 0 Å². The first-order valence-electron chi connectivity index (χ1n) is 7.79. The molecule has 0 spiro atoms. The predicted molar refractivity (Wildman–Crippen MR) is 82.1 cm³/mol. The standard InChI is InChI=1S/C14H33NO3Si/c1-5-9-10-14(11-12-15)13-19(16-6-2,17-7-3)18-8-4/h14H,5-13,15H2,1-4H3. The van der Waals surface area contributed by atoms with Crippen molar-refractivity contribution in [3.8, 4) is 0 Å². The van der Waals surface area contributed by atoms with Crippen LogP contribution in [0.2, 0.25) is 6.04 Å². The second-order valence-electron chi connectivity index (χ2n) is 4.77. The highest BCUT2D eigenvalue weighted by atomic mass is 28.4. The highest BCUT2D eigenvalue weighted by molar-refractivity contribution is 6.60. The van der Waals surface area contributed by atoms with Gasteiger partial charge in [-0.25, -0.2) is 0 Å². The van der Waals surface area contributed by atoms with Gasteiger partial charge in [-0.3, -0.25) is 0 Å². The van der Waals surface area contributed by atoms with Crippen molar-refractivity contribution < 1.29 is 13.3 Å². The van der Waals surface area contributed by atoms with Crippen molar-refractivity contribution in [1.29, 1.82) is 0 Å². The van der Waals surface area contributed by atoms with Gasteiger partial charge in [-0.05, 0) is 39.7 Å². The molecule has 19 heavy (non-hydrogen) atoms. The fourth-order valence-electron chi connectivity index (χ4n) is 2.39. The van der Waals surface area contributed by atoms with Crippen LogP contribution < -0.4 is 5.73 Å². The molecular weight excluding hydrogens is 258 g/mol. The van der Waals surface area contributed by atoms with Crippen LogP contribution in [0.4, 0.5) is 0 Å². The topological polar surface area (TPSA) is 53.7 Å². The van der Waals surface area contributed by atoms with E-state index in [0.717, 1.165) is 19.0 Å². The minimum atomic E-state index is -2.50. The fourth-order valence-corrected chi connectivity index (χ4v) is 5.43. The van der Waals surface area contributed by atoms with Crippen LogP contribution in [0.3, 0.4) is 0 Å². The highest BCUT2D eigenvalue weighted by Gasteiger charge is 2.42. The third-order valence-electron chi connectivity index (χ3n) is 3.17. The lowest BCUT2D eigenvalue weighted by molar-refractivity contribution is 0.0662. The van der Waals surface area contributed by atoms with Crippen molar-refractivity contribution in [2.75, 3.05) is 26.4 Å². The molecule has 4 nitrogen and oxygen atoms in total. The van der Waals surface area contributed by atoms with Crippen LogP contribution in [-0.4, -0.2) is 35.2 Å². The quantitative estimate of drug-likeness (QED) is 0.530. The Hall–Kier alpha value is 0.0569. The average molecular weight is 292 g/mol. The smallest absolute Gasteiger partial charge is 0.374 e. The molecule has 0 bridgehead atoms. The summed E-state index contributed by atoms with van der Waals surface area (Å²) in [5.41, 5.74) is 5.73. The Labute approximate surface area is 120 Å². The first-order valence-corrected chi connectivity index (χ1v) is 9.73. The molecule has 1 atom stereocenters. The van der Waals surface area contributed by atoms with Crippen LogP contribution in [-0.2, 0) is 13.3 Å². The Kier molecular flexibility index (Phi) is 11.9. The molecule has 0 aromatic rings. The van der Waals surface area contributed by atoms with E-state index in [2.05, 4.69) is 6.92 Å². The Morgan fingerprint density at radius 3 is 1.79 bits per heavy atom. The Morgan fingerprint density at radius 2 is 1.42 bits per heavy atom. The lowest BCUT2D eigenvalue weighted by atomic mass is 10.0. The van der Waals surface area contributed by atoms with Crippen molar-refractivity contribution in [2.24, 2.45) is 11.7 Å². The minimum Gasteiger partial charge on any atom is -0.374 e. The SMILES string of the molecule is CCCCC(CCN)C[Si](OCC)(OCC)OCC. The van der Waals surface area contributed by atoms with Gasteiger partial charge in [-0.1, -0.05) is 26.2 Å². The molecule has 2 N–H and O–H groups in total. The molecular formula is C14H33NO3Si.